The van der Waals surface area contributed by atoms with Crippen molar-refractivity contribution >= 4 is 17.7 Å². The van der Waals surface area contributed by atoms with Crippen molar-refractivity contribution in [3.05, 3.63) is 29.8 Å². The van der Waals surface area contributed by atoms with Crippen LogP contribution in [-0.2, 0) is 20.8 Å². The Bertz CT molecular complexity index is 831. The van der Waals surface area contributed by atoms with Crippen LogP contribution in [0.15, 0.2) is 24.3 Å². The minimum atomic E-state index is -0.499. The van der Waals surface area contributed by atoms with Gasteiger partial charge in [0.15, 0.2) is 0 Å². The first-order valence-corrected chi connectivity index (χ1v) is 10.3. The van der Waals surface area contributed by atoms with E-state index in [4.69, 9.17) is 4.74 Å². The van der Waals surface area contributed by atoms with Gasteiger partial charge in [-0.05, 0) is 37.0 Å². The Kier molecular flexibility index (Phi) is 5.00. The van der Waals surface area contributed by atoms with Crippen molar-refractivity contribution in [1.82, 2.24) is 15.1 Å². The Balaban J connectivity index is 1.46. The van der Waals surface area contributed by atoms with E-state index in [1.54, 1.807) is 14.0 Å². The predicted molar refractivity (Wildman–Crippen MR) is 107 cm³/mol. The third-order valence-corrected chi connectivity index (χ3v) is 7.25. The molecular weight excluding hydrogens is 370 g/mol. The first kappa shape index (κ1) is 19.7. The molecule has 7 nitrogen and oxygen atoms in total. The van der Waals surface area contributed by atoms with Crippen LogP contribution in [0.1, 0.15) is 31.7 Å². The summed E-state index contributed by atoms with van der Waals surface area (Å²) < 4.78 is 5.24. The first-order valence-electron chi connectivity index (χ1n) is 10.3. The van der Waals surface area contributed by atoms with Crippen LogP contribution >= 0.6 is 0 Å². The van der Waals surface area contributed by atoms with Crippen LogP contribution in [0, 0.1) is 10.8 Å². The van der Waals surface area contributed by atoms with Gasteiger partial charge in [-0.25, -0.2) is 0 Å². The van der Waals surface area contributed by atoms with E-state index < -0.39 is 5.41 Å². The summed E-state index contributed by atoms with van der Waals surface area (Å²) in [6.45, 7) is 4.63. The number of piperidine rings is 1. The molecule has 3 saturated heterocycles. The number of rotatable bonds is 3. The predicted octanol–water partition coefficient (Wildman–Crippen LogP) is 1.21. The number of ether oxygens (including phenoxy) is 1. The lowest BCUT2D eigenvalue weighted by Crippen LogP contribution is -2.53. The maximum Gasteiger partial charge on any atom is 0.228 e. The second-order valence-electron chi connectivity index (χ2n) is 8.65. The monoisotopic (exact) mass is 399 g/mol. The van der Waals surface area contributed by atoms with Gasteiger partial charge >= 0.3 is 0 Å². The number of nitrogens with zero attached hydrogens (tertiary/aromatic N) is 2. The molecule has 3 heterocycles. The summed E-state index contributed by atoms with van der Waals surface area (Å²) in [5.74, 6) is 0.951. The molecule has 1 aromatic rings. The number of nitrogens with one attached hydrogen (secondary N) is 1. The minimum absolute atomic E-state index is 0.0254. The molecule has 7 heteroatoms. The van der Waals surface area contributed by atoms with Crippen molar-refractivity contribution in [2.45, 2.75) is 32.6 Å². The molecule has 0 aliphatic carbocycles. The van der Waals surface area contributed by atoms with E-state index in [0.29, 0.717) is 39.1 Å². The lowest BCUT2D eigenvalue weighted by atomic mass is 9.60. The van der Waals surface area contributed by atoms with Gasteiger partial charge in [-0.15, -0.1) is 0 Å². The Hall–Kier alpha value is -2.57. The minimum Gasteiger partial charge on any atom is -0.497 e. The molecule has 1 atom stereocenters. The van der Waals surface area contributed by atoms with Crippen LogP contribution in [0.3, 0.4) is 0 Å². The molecule has 0 aromatic heterocycles. The number of hydrogen-bond donors (Lipinski definition) is 1. The van der Waals surface area contributed by atoms with Gasteiger partial charge < -0.3 is 19.9 Å². The number of methoxy groups -OCH3 is 1. The quantitative estimate of drug-likeness (QED) is 0.829. The number of benzene rings is 1. The van der Waals surface area contributed by atoms with Gasteiger partial charge in [-0.2, -0.15) is 0 Å². The first-order chi connectivity index (χ1) is 13.9. The highest BCUT2D eigenvalue weighted by Gasteiger charge is 2.64. The van der Waals surface area contributed by atoms with Crippen molar-refractivity contribution in [2.24, 2.45) is 10.8 Å². The largest absolute Gasteiger partial charge is 0.497 e. The van der Waals surface area contributed by atoms with Crippen LogP contribution in [0.5, 0.6) is 5.75 Å². The summed E-state index contributed by atoms with van der Waals surface area (Å²) in [7, 11) is 1.62. The van der Waals surface area contributed by atoms with E-state index in [1.165, 1.54) is 0 Å². The topological polar surface area (TPSA) is 79.0 Å². The van der Waals surface area contributed by atoms with Gasteiger partial charge in [-0.1, -0.05) is 12.1 Å². The second-order valence-corrected chi connectivity index (χ2v) is 8.65. The fraction of sp³-hybridized carbons (Fsp3) is 0.591. The maximum atomic E-state index is 12.9. The van der Waals surface area contributed by atoms with Gasteiger partial charge in [0.2, 0.25) is 17.7 Å². The number of hydrogen-bond acceptors (Lipinski definition) is 4. The fourth-order valence-corrected chi connectivity index (χ4v) is 5.51. The molecule has 4 rings (SSSR count). The van der Waals surface area contributed by atoms with E-state index in [9.17, 15) is 14.4 Å². The van der Waals surface area contributed by atoms with Crippen molar-refractivity contribution in [3.63, 3.8) is 0 Å². The summed E-state index contributed by atoms with van der Waals surface area (Å²) in [5.41, 5.74) is 0.206. The Morgan fingerprint density at radius 3 is 2.52 bits per heavy atom. The van der Waals surface area contributed by atoms with Crippen molar-refractivity contribution in [2.75, 3.05) is 39.8 Å². The van der Waals surface area contributed by atoms with E-state index in [2.05, 4.69) is 5.32 Å². The molecule has 1 aromatic carbocycles. The Morgan fingerprint density at radius 1 is 1.14 bits per heavy atom. The Morgan fingerprint density at radius 2 is 1.90 bits per heavy atom. The zero-order chi connectivity index (χ0) is 20.6. The summed E-state index contributed by atoms with van der Waals surface area (Å²) in [6.07, 6.45) is 2.63. The molecule has 0 saturated carbocycles. The van der Waals surface area contributed by atoms with Crippen LogP contribution in [0.4, 0.5) is 0 Å². The van der Waals surface area contributed by atoms with E-state index >= 15 is 0 Å². The smallest absolute Gasteiger partial charge is 0.228 e. The van der Waals surface area contributed by atoms with Crippen LogP contribution in [0.25, 0.3) is 0 Å². The van der Waals surface area contributed by atoms with Crippen molar-refractivity contribution in [1.29, 1.82) is 0 Å². The highest BCUT2D eigenvalue weighted by atomic mass is 16.5. The molecule has 2 spiro atoms. The average molecular weight is 399 g/mol. The number of likely N-dealkylation sites (tertiary alicyclic amines) is 2. The molecule has 3 amide bonds. The second kappa shape index (κ2) is 7.35. The molecule has 29 heavy (non-hydrogen) atoms. The summed E-state index contributed by atoms with van der Waals surface area (Å²) in [5, 5.41) is 2.99. The molecular formula is C22H29N3O4. The number of carbonyl (C=O) groups is 3. The lowest BCUT2D eigenvalue weighted by molar-refractivity contribution is -0.138. The maximum absolute atomic E-state index is 12.9. The summed E-state index contributed by atoms with van der Waals surface area (Å²) in [4.78, 5) is 41.5. The normalized spacial score (nSPS) is 25.5. The van der Waals surface area contributed by atoms with Gasteiger partial charge in [0.25, 0.3) is 0 Å². The highest BCUT2D eigenvalue weighted by Crippen LogP contribution is 2.56. The molecule has 3 aliphatic heterocycles. The van der Waals surface area contributed by atoms with E-state index in [1.807, 2.05) is 34.1 Å². The lowest BCUT2D eigenvalue weighted by Gasteiger charge is -2.46. The third-order valence-electron chi connectivity index (χ3n) is 7.25. The number of amides is 3. The van der Waals surface area contributed by atoms with Crippen molar-refractivity contribution in [3.8, 4) is 5.75 Å². The van der Waals surface area contributed by atoms with Gasteiger partial charge in [-0.3, -0.25) is 14.4 Å². The van der Waals surface area contributed by atoms with Gasteiger partial charge in [0.1, 0.15) is 5.75 Å². The van der Waals surface area contributed by atoms with E-state index in [0.717, 1.165) is 30.6 Å². The molecule has 1 N–H and O–H groups in total. The summed E-state index contributed by atoms with van der Waals surface area (Å²) in [6, 6.07) is 7.59. The van der Waals surface area contributed by atoms with Crippen LogP contribution in [0.2, 0.25) is 0 Å². The molecule has 1 unspecified atom stereocenters. The molecule has 0 radical (unpaired) electrons. The van der Waals surface area contributed by atoms with Gasteiger partial charge in [0.05, 0.1) is 18.9 Å². The zero-order valence-corrected chi connectivity index (χ0v) is 17.2. The zero-order valence-electron chi connectivity index (χ0n) is 17.2. The van der Waals surface area contributed by atoms with Crippen molar-refractivity contribution < 1.29 is 19.1 Å². The van der Waals surface area contributed by atoms with Crippen LogP contribution in [-0.4, -0.2) is 67.4 Å². The van der Waals surface area contributed by atoms with E-state index in [-0.39, 0.29) is 23.1 Å². The average Bonchev–Trinajstić information content (AvgIpc) is 3.24. The van der Waals surface area contributed by atoms with Gasteiger partial charge in [0, 0.05) is 45.1 Å². The number of carbonyl (C=O) groups excluding carboxylic acids is 3. The molecule has 3 fully saturated rings. The fourth-order valence-electron chi connectivity index (χ4n) is 5.51. The Labute approximate surface area is 171 Å². The molecule has 3 aliphatic rings. The number of fused-ring (bicyclic) bond motifs is 1. The highest BCUT2D eigenvalue weighted by molar-refractivity contribution is 5.88. The molecule has 156 valence electrons. The SMILES string of the molecule is COc1cccc(CC(=O)N2CCC3(CC2)CN(C(C)=O)CC32CCNC2=O)c1. The standard InChI is InChI=1S/C22H29N3O4/c1-16(26)25-14-21(22(15-25)6-9-23-20(22)28)7-10-24(11-8-21)19(27)13-17-4-3-5-18(12-17)29-2/h3-5,12H,6-11,13-15H2,1-2H3,(H,23,28). The summed E-state index contributed by atoms with van der Waals surface area (Å²) >= 11 is 0. The van der Waals surface area contributed by atoms with Crippen LogP contribution < -0.4 is 10.1 Å². The molecule has 0 bridgehead atoms. The third kappa shape index (κ3) is 3.26.